The molecule has 3 aromatic carbocycles. The first-order chi connectivity index (χ1) is 17.2. The molecule has 0 saturated carbocycles. The molecule has 0 spiro atoms. The van der Waals surface area contributed by atoms with E-state index < -0.39 is 12.6 Å². The van der Waals surface area contributed by atoms with Crippen LogP contribution in [0.5, 0.6) is 5.75 Å². The van der Waals surface area contributed by atoms with E-state index in [0.29, 0.717) is 12.2 Å². The predicted molar refractivity (Wildman–Crippen MR) is 136 cm³/mol. The summed E-state index contributed by atoms with van der Waals surface area (Å²) in [6.45, 7) is 2.19. The third kappa shape index (κ3) is 5.69. The molecule has 0 heterocycles. The van der Waals surface area contributed by atoms with Crippen LogP contribution in [0.25, 0.3) is 0 Å². The monoisotopic (exact) mass is 471 g/mol. The Morgan fingerprint density at radius 2 is 1.69 bits per heavy atom. The van der Waals surface area contributed by atoms with Crippen LogP contribution in [0.1, 0.15) is 60.4 Å². The molecular formula is C30H33NO4. The minimum Gasteiger partial charge on any atom is -0.425 e. The molecule has 35 heavy (non-hydrogen) atoms. The lowest BCUT2D eigenvalue weighted by Gasteiger charge is -2.38. The van der Waals surface area contributed by atoms with Crippen LogP contribution in [-0.4, -0.2) is 41.5 Å². The lowest BCUT2D eigenvalue weighted by atomic mass is 9.78. The van der Waals surface area contributed by atoms with Gasteiger partial charge in [0.15, 0.2) is 0 Å². The van der Waals surface area contributed by atoms with Gasteiger partial charge in [0.1, 0.15) is 18.6 Å². The van der Waals surface area contributed by atoms with Crippen molar-refractivity contribution in [2.45, 2.75) is 50.6 Å². The van der Waals surface area contributed by atoms with Crippen molar-refractivity contribution in [1.29, 1.82) is 0 Å². The molecule has 1 N–H and O–H groups in total. The number of benzene rings is 3. The number of aliphatic hydroxyl groups is 1. The number of fused-ring (bicyclic) bond motifs is 1. The molecule has 0 bridgehead atoms. The third-order valence-electron chi connectivity index (χ3n) is 6.98. The standard InChI is InChI=1S/C30H33NO4/c1-2-31(30(22-11-5-3-6-12-22)23-13-7-4-8-14-23)25(20-32)19-24-15-9-17-27-26(24)16-10-18-28(27)35-29(34)21-33/h3-8,10-14,16,18,20,24-25,30,33H,2,9,15,17,19,21H2,1H3. The number of carbonyl (C=O) groups is 2. The van der Waals surface area contributed by atoms with Crippen LogP contribution in [0, 0.1) is 0 Å². The van der Waals surface area contributed by atoms with Crippen molar-refractivity contribution in [1.82, 2.24) is 4.90 Å². The van der Waals surface area contributed by atoms with E-state index in [4.69, 9.17) is 9.84 Å². The molecule has 3 aromatic rings. The Bertz CT molecular complexity index is 1080. The lowest BCUT2D eigenvalue weighted by Crippen LogP contribution is -2.41. The molecule has 0 saturated heterocycles. The molecule has 2 atom stereocenters. The van der Waals surface area contributed by atoms with E-state index >= 15 is 0 Å². The molecule has 2 unspecified atom stereocenters. The largest absolute Gasteiger partial charge is 0.425 e. The van der Waals surface area contributed by atoms with Crippen LogP contribution < -0.4 is 4.74 Å². The van der Waals surface area contributed by atoms with Crippen molar-refractivity contribution in [2.75, 3.05) is 13.2 Å². The van der Waals surface area contributed by atoms with Crippen LogP contribution in [0.2, 0.25) is 0 Å². The van der Waals surface area contributed by atoms with Crippen LogP contribution in [0.3, 0.4) is 0 Å². The molecule has 0 aliphatic heterocycles. The summed E-state index contributed by atoms with van der Waals surface area (Å²) in [4.78, 5) is 26.6. The number of carbonyl (C=O) groups excluding carboxylic acids is 2. The van der Waals surface area contributed by atoms with E-state index in [2.05, 4.69) is 42.2 Å². The molecule has 1 aliphatic carbocycles. The SMILES string of the molecule is CCN(C(C=O)CC1CCCc2c(OC(=O)CO)cccc21)C(c1ccccc1)c1ccccc1. The van der Waals surface area contributed by atoms with Crippen molar-refractivity contribution < 1.29 is 19.4 Å². The summed E-state index contributed by atoms with van der Waals surface area (Å²) in [6, 6.07) is 26.2. The number of hydrogen-bond acceptors (Lipinski definition) is 5. The van der Waals surface area contributed by atoms with E-state index in [9.17, 15) is 9.59 Å². The summed E-state index contributed by atoms with van der Waals surface area (Å²) in [5.41, 5.74) is 4.48. The number of likely N-dealkylation sites (N-methyl/N-ethyl adjacent to an activating group) is 1. The Labute approximate surface area is 207 Å². The highest BCUT2D eigenvalue weighted by Gasteiger charge is 2.32. The lowest BCUT2D eigenvalue weighted by molar-refractivity contribution is -0.137. The van der Waals surface area contributed by atoms with E-state index in [0.717, 1.165) is 54.3 Å². The number of aliphatic hydroxyl groups excluding tert-OH is 1. The van der Waals surface area contributed by atoms with Crippen LogP contribution in [0.15, 0.2) is 78.9 Å². The predicted octanol–water partition coefficient (Wildman–Crippen LogP) is 5.07. The number of hydrogen-bond donors (Lipinski definition) is 1. The van der Waals surface area contributed by atoms with Gasteiger partial charge in [-0.2, -0.15) is 0 Å². The zero-order chi connectivity index (χ0) is 24.6. The topological polar surface area (TPSA) is 66.8 Å². The molecule has 182 valence electrons. The molecule has 1 aliphatic rings. The number of aldehydes is 1. The molecule has 0 radical (unpaired) electrons. The van der Waals surface area contributed by atoms with E-state index in [-0.39, 0.29) is 18.0 Å². The zero-order valence-corrected chi connectivity index (χ0v) is 20.2. The fraction of sp³-hybridized carbons (Fsp3) is 0.333. The fourth-order valence-corrected chi connectivity index (χ4v) is 5.42. The Morgan fingerprint density at radius 3 is 2.26 bits per heavy atom. The minimum atomic E-state index is -0.656. The van der Waals surface area contributed by atoms with Gasteiger partial charge in [0.25, 0.3) is 0 Å². The molecule has 5 nitrogen and oxygen atoms in total. The molecule has 0 fully saturated rings. The second kappa shape index (κ2) is 11.9. The van der Waals surface area contributed by atoms with E-state index in [1.165, 1.54) is 0 Å². The number of rotatable bonds is 10. The van der Waals surface area contributed by atoms with Crippen molar-refractivity contribution in [3.8, 4) is 5.75 Å². The minimum absolute atomic E-state index is 0.0301. The van der Waals surface area contributed by atoms with E-state index in [1.54, 1.807) is 6.07 Å². The average molecular weight is 472 g/mol. The normalized spacial score (nSPS) is 16.1. The summed E-state index contributed by atoms with van der Waals surface area (Å²) in [7, 11) is 0. The summed E-state index contributed by atoms with van der Waals surface area (Å²) in [6.07, 6.45) is 4.54. The molecule has 0 aromatic heterocycles. The fourth-order valence-electron chi connectivity index (χ4n) is 5.42. The van der Waals surface area contributed by atoms with Crippen LogP contribution in [-0.2, 0) is 16.0 Å². The van der Waals surface area contributed by atoms with Gasteiger partial charge in [-0.3, -0.25) is 4.90 Å². The second-order valence-electron chi connectivity index (χ2n) is 9.04. The number of nitrogens with zero attached hydrogens (tertiary/aromatic N) is 1. The van der Waals surface area contributed by atoms with Gasteiger partial charge < -0.3 is 14.6 Å². The van der Waals surface area contributed by atoms with Gasteiger partial charge in [-0.05, 0) is 66.5 Å². The summed E-state index contributed by atoms with van der Waals surface area (Å²) < 4.78 is 5.40. The number of esters is 1. The van der Waals surface area contributed by atoms with Gasteiger partial charge in [0.2, 0.25) is 0 Å². The van der Waals surface area contributed by atoms with E-state index in [1.807, 2.05) is 42.5 Å². The first kappa shape index (κ1) is 24.8. The van der Waals surface area contributed by atoms with Crippen molar-refractivity contribution in [3.63, 3.8) is 0 Å². The average Bonchev–Trinajstić information content (AvgIpc) is 2.91. The van der Waals surface area contributed by atoms with Crippen LogP contribution >= 0.6 is 0 Å². The maximum Gasteiger partial charge on any atom is 0.337 e. The Hall–Kier alpha value is -3.28. The third-order valence-corrected chi connectivity index (χ3v) is 6.98. The van der Waals surface area contributed by atoms with Gasteiger partial charge >= 0.3 is 5.97 Å². The molecular weight excluding hydrogens is 438 g/mol. The smallest absolute Gasteiger partial charge is 0.337 e. The number of ether oxygens (including phenoxy) is 1. The van der Waals surface area contributed by atoms with Gasteiger partial charge in [-0.25, -0.2) is 4.79 Å². The van der Waals surface area contributed by atoms with Gasteiger partial charge in [-0.15, -0.1) is 0 Å². The van der Waals surface area contributed by atoms with Crippen molar-refractivity contribution in [2.24, 2.45) is 0 Å². The van der Waals surface area contributed by atoms with Gasteiger partial charge in [-0.1, -0.05) is 79.7 Å². The highest BCUT2D eigenvalue weighted by atomic mass is 16.5. The maximum atomic E-state index is 12.6. The Balaban J connectivity index is 1.65. The summed E-state index contributed by atoms with van der Waals surface area (Å²) in [5, 5.41) is 9.11. The highest BCUT2D eigenvalue weighted by molar-refractivity contribution is 5.74. The highest BCUT2D eigenvalue weighted by Crippen LogP contribution is 2.41. The van der Waals surface area contributed by atoms with Gasteiger partial charge in [0.05, 0.1) is 12.1 Å². The first-order valence-electron chi connectivity index (χ1n) is 12.4. The van der Waals surface area contributed by atoms with Crippen LogP contribution in [0.4, 0.5) is 0 Å². The Morgan fingerprint density at radius 1 is 1.03 bits per heavy atom. The van der Waals surface area contributed by atoms with Gasteiger partial charge in [0, 0.05) is 0 Å². The Kier molecular flexibility index (Phi) is 8.45. The quantitative estimate of drug-likeness (QED) is 0.254. The molecule has 4 rings (SSSR count). The molecule has 0 amide bonds. The van der Waals surface area contributed by atoms with Crippen molar-refractivity contribution in [3.05, 3.63) is 101 Å². The first-order valence-corrected chi connectivity index (χ1v) is 12.4. The summed E-state index contributed by atoms with van der Waals surface area (Å²) in [5.74, 6) is 0.0488. The molecule has 5 heteroatoms. The maximum absolute atomic E-state index is 12.6. The second-order valence-corrected chi connectivity index (χ2v) is 9.04. The summed E-state index contributed by atoms with van der Waals surface area (Å²) >= 11 is 0. The zero-order valence-electron chi connectivity index (χ0n) is 20.2. The van der Waals surface area contributed by atoms with Crippen molar-refractivity contribution >= 4 is 12.3 Å².